The molecule has 2 aliphatic heterocycles. The van der Waals surface area contributed by atoms with Gasteiger partial charge in [0.15, 0.2) is 0 Å². The molecule has 8 nitrogen and oxygen atoms in total. The fraction of sp³-hybridized carbons (Fsp3) is 0.360. The third-order valence-electron chi connectivity index (χ3n) is 6.87. The summed E-state index contributed by atoms with van der Waals surface area (Å²) in [5.41, 5.74) is 6.54. The first-order valence-electron chi connectivity index (χ1n) is 11.9. The molecule has 0 radical (unpaired) electrons. The lowest BCUT2D eigenvalue weighted by Crippen LogP contribution is -2.46. The van der Waals surface area contributed by atoms with Crippen molar-refractivity contribution in [2.75, 3.05) is 38.0 Å². The Labute approximate surface area is 210 Å². The Morgan fingerprint density at radius 1 is 1.14 bits per heavy atom. The molecule has 0 atom stereocenters. The molecule has 3 aromatic heterocycles. The number of amides is 1. The Kier molecular flexibility index (Phi) is 5.88. The topological polar surface area (TPSA) is 90.0 Å². The number of likely N-dealkylation sites (tertiary alicyclic amines) is 1. The molecule has 11 heteroatoms. The van der Waals surface area contributed by atoms with E-state index in [1.54, 1.807) is 16.2 Å². The Bertz CT molecular complexity index is 1450. The van der Waals surface area contributed by atoms with Crippen LogP contribution >= 0.6 is 11.3 Å². The zero-order valence-electron chi connectivity index (χ0n) is 19.5. The molecule has 36 heavy (non-hydrogen) atoms. The van der Waals surface area contributed by atoms with Crippen LogP contribution in [0.2, 0.25) is 0 Å². The molecular weight excluding hydrogens is 484 g/mol. The molecule has 2 N–H and O–H groups in total. The molecule has 0 bridgehead atoms. The van der Waals surface area contributed by atoms with E-state index in [4.69, 9.17) is 0 Å². The summed E-state index contributed by atoms with van der Waals surface area (Å²) in [6.45, 7) is 1.81. The fourth-order valence-electron chi connectivity index (χ4n) is 4.75. The van der Waals surface area contributed by atoms with E-state index in [1.807, 2.05) is 28.6 Å². The highest BCUT2D eigenvalue weighted by molar-refractivity contribution is 7.16. The molecule has 1 amide bonds. The third-order valence-corrected chi connectivity index (χ3v) is 7.67. The number of aromatic amines is 1. The van der Waals surface area contributed by atoms with E-state index in [9.17, 15) is 13.6 Å². The number of nitrogens with one attached hydrogen (secondary N) is 2. The fourth-order valence-corrected chi connectivity index (χ4v) is 5.47. The van der Waals surface area contributed by atoms with Crippen molar-refractivity contribution in [3.05, 3.63) is 47.9 Å². The molecular formula is C25H25F2N7OS. The minimum atomic E-state index is -2.60. The lowest BCUT2D eigenvalue weighted by atomic mass is 10.0. The van der Waals surface area contributed by atoms with Crippen molar-refractivity contribution in [2.45, 2.75) is 25.2 Å². The number of alkyl halides is 2. The van der Waals surface area contributed by atoms with Crippen LogP contribution < -0.4 is 5.32 Å². The summed E-state index contributed by atoms with van der Waals surface area (Å²) in [7, 11) is 0. The average molecular weight is 510 g/mol. The van der Waals surface area contributed by atoms with Gasteiger partial charge in [-0.1, -0.05) is 6.08 Å². The molecule has 186 valence electrons. The van der Waals surface area contributed by atoms with Crippen LogP contribution in [0, 0.1) is 0 Å². The average Bonchev–Trinajstić information content (AvgIpc) is 3.53. The highest BCUT2D eigenvalue weighted by atomic mass is 32.1. The number of hydrogen-bond donors (Lipinski definition) is 2. The van der Waals surface area contributed by atoms with Crippen molar-refractivity contribution in [1.29, 1.82) is 0 Å². The Balaban J connectivity index is 1.14. The van der Waals surface area contributed by atoms with Gasteiger partial charge in [0.2, 0.25) is 5.91 Å². The summed E-state index contributed by atoms with van der Waals surface area (Å²) >= 11 is 1.59. The van der Waals surface area contributed by atoms with Crippen molar-refractivity contribution in [2.24, 2.45) is 0 Å². The van der Waals surface area contributed by atoms with Crippen LogP contribution in [0.5, 0.6) is 0 Å². The second-order valence-electron chi connectivity index (χ2n) is 9.28. The lowest BCUT2D eigenvalue weighted by molar-refractivity contribution is -0.134. The van der Waals surface area contributed by atoms with E-state index in [1.165, 1.54) is 6.33 Å². The zero-order valence-corrected chi connectivity index (χ0v) is 20.3. The summed E-state index contributed by atoms with van der Waals surface area (Å²) in [5.74, 6) is -1.90. The number of carbonyl (C=O) groups excluding carboxylic acids is 1. The number of thiazole rings is 1. The van der Waals surface area contributed by atoms with Gasteiger partial charge in [-0.2, -0.15) is 0 Å². The highest BCUT2D eigenvalue weighted by Gasteiger charge is 2.35. The lowest BCUT2D eigenvalue weighted by Gasteiger charge is -2.33. The normalized spacial score (nSPS) is 18.5. The number of fused-ring (bicyclic) bond motifs is 2. The maximum Gasteiger partial charge on any atom is 0.250 e. The minimum absolute atomic E-state index is 0.0116. The van der Waals surface area contributed by atoms with Crippen molar-refractivity contribution < 1.29 is 13.6 Å². The van der Waals surface area contributed by atoms with Gasteiger partial charge in [-0.25, -0.2) is 23.7 Å². The maximum absolute atomic E-state index is 13.4. The molecule has 0 spiro atoms. The molecule has 2 aliphatic rings. The largest absolute Gasteiger partial charge is 0.340 e. The van der Waals surface area contributed by atoms with Crippen molar-refractivity contribution >= 4 is 55.6 Å². The standard InChI is InChI=1S/C25H25F2N7OS/c26-25(27)5-9-33(10-6-25)13-22(35)34-7-3-16(4-8-34)20-12-18-23(28-14-29-24(18)32-20)31-17-1-2-19-21(11-17)36-15-30-19/h1-3,11-12,14-15H,4-10,13H2,(H2,28,29,31,32). The van der Waals surface area contributed by atoms with Gasteiger partial charge < -0.3 is 15.2 Å². The van der Waals surface area contributed by atoms with Crippen molar-refractivity contribution in [1.82, 2.24) is 29.7 Å². The van der Waals surface area contributed by atoms with Crippen molar-refractivity contribution in [3.8, 4) is 0 Å². The molecule has 1 saturated heterocycles. The number of benzene rings is 1. The molecule has 0 unspecified atom stereocenters. The minimum Gasteiger partial charge on any atom is -0.340 e. The quantitative estimate of drug-likeness (QED) is 0.407. The number of piperidine rings is 1. The number of aromatic nitrogens is 4. The van der Waals surface area contributed by atoms with Gasteiger partial charge in [-0.05, 0) is 36.3 Å². The predicted molar refractivity (Wildman–Crippen MR) is 137 cm³/mol. The molecule has 0 aliphatic carbocycles. The van der Waals surface area contributed by atoms with Gasteiger partial charge in [-0.15, -0.1) is 11.3 Å². The third kappa shape index (κ3) is 4.68. The number of anilines is 2. The van der Waals surface area contributed by atoms with Gasteiger partial charge in [0.25, 0.3) is 5.92 Å². The van der Waals surface area contributed by atoms with Gasteiger partial charge >= 0.3 is 0 Å². The van der Waals surface area contributed by atoms with Gasteiger partial charge in [-0.3, -0.25) is 9.69 Å². The predicted octanol–water partition coefficient (Wildman–Crippen LogP) is 4.66. The summed E-state index contributed by atoms with van der Waals surface area (Å²) in [5, 5.41) is 4.28. The van der Waals surface area contributed by atoms with Crippen LogP contribution in [0.1, 0.15) is 25.0 Å². The molecule has 4 aromatic rings. The molecule has 0 saturated carbocycles. The van der Waals surface area contributed by atoms with Crippen molar-refractivity contribution in [3.63, 3.8) is 0 Å². The SMILES string of the molecule is O=C(CN1CCC(F)(F)CC1)N1CC=C(c2cc3c(Nc4ccc5ncsc5c4)ncnc3[nH]2)CC1. The number of nitrogens with zero attached hydrogens (tertiary/aromatic N) is 5. The van der Waals surface area contributed by atoms with E-state index in [0.29, 0.717) is 25.3 Å². The Hall–Kier alpha value is -3.44. The summed E-state index contributed by atoms with van der Waals surface area (Å²) in [4.78, 5) is 32.9. The smallest absolute Gasteiger partial charge is 0.250 e. The summed E-state index contributed by atoms with van der Waals surface area (Å²) in [6.07, 6.45) is 3.93. The first-order valence-corrected chi connectivity index (χ1v) is 12.8. The maximum atomic E-state index is 13.4. The molecule has 1 aromatic carbocycles. The van der Waals surface area contributed by atoms with Crippen LogP contribution in [0.15, 0.2) is 42.2 Å². The first kappa shape index (κ1) is 23.0. The Morgan fingerprint density at radius 3 is 2.81 bits per heavy atom. The number of carbonyl (C=O) groups is 1. The Morgan fingerprint density at radius 2 is 2.00 bits per heavy atom. The number of halogens is 2. The monoisotopic (exact) mass is 509 g/mol. The van der Waals surface area contributed by atoms with Gasteiger partial charge in [0.1, 0.15) is 17.8 Å². The number of hydrogen-bond acceptors (Lipinski definition) is 7. The van der Waals surface area contributed by atoms with E-state index in [2.05, 4.69) is 37.4 Å². The van der Waals surface area contributed by atoms with E-state index in [-0.39, 0.29) is 38.4 Å². The molecule has 5 heterocycles. The van der Waals surface area contributed by atoms with Crippen LogP contribution in [0.25, 0.3) is 26.8 Å². The van der Waals surface area contributed by atoms with E-state index < -0.39 is 5.92 Å². The van der Waals surface area contributed by atoms with Gasteiger partial charge in [0.05, 0.1) is 27.7 Å². The molecule has 6 rings (SSSR count). The summed E-state index contributed by atoms with van der Waals surface area (Å²) in [6, 6.07) is 8.06. The van der Waals surface area contributed by atoms with Crippen LogP contribution in [-0.2, 0) is 4.79 Å². The van der Waals surface area contributed by atoms with Crippen LogP contribution in [-0.4, -0.2) is 74.3 Å². The highest BCUT2D eigenvalue weighted by Crippen LogP contribution is 2.31. The van der Waals surface area contributed by atoms with E-state index in [0.717, 1.165) is 38.2 Å². The van der Waals surface area contributed by atoms with E-state index >= 15 is 0 Å². The van der Waals surface area contributed by atoms with Gasteiger partial charge in [0, 0.05) is 50.4 Å². The zero-order chi connectivity index (χ0) is 24.7. The first-order chi connectivity index (χ1) is 17.4. The summed E-state index contributed by atoms with van der Waals surface area (Å²) < 4.78 is 27.9. The number of rotatable bonds is 5. The molecule has 1 fully saturated rings. The van der Waals surface area contributed by atoms with Crippen LogP contribution in [0.3, 0.4) is 0 Å². The number of H-pyrrole nitrogens is 1. The second-order valence-corrected chi connectivity index (χ2v) is 10.2. The second kappa shape index (κ2) is 9.21. The van der Waals surface area contributed by atoms with Crippen LogP contribution in [0.4, 0.5) is 20.3 Å².